The van der Waals surface area contributed by atoms with Gasteiger partial charge in [0.1, 0.15) is 0 Å². The maximum Gasteiger partial charge on any atom is 0.311 e. The molecular formula is C12H16BrNO2. The molecule has 1 atom stereocenters. The molecule has 0 heterocycles. The first kappa shape index (κ1) is 13.0. The van der Waals surface area contributed by atoms with Crippen molar-refractivity contribution < 1.29 is 9.90 Å². The summed E-state index contributed by atoms with van der Waals surface area (Å²) in [5.41, 5.74) is 7.12. The summed E-state index contributed by atoms with van der Waals surface area (Å²) in [5.74, 6) is -1.31. The number of para-hydroxylation sites is 1. The summed E-state index contributed by atoms with van der Waals surface area (Å²) in [4.78, 5) is 11.2. The smallest absolute Gasteiger partial charge is 0.311 e. The second-order valence-corrected chi connectivity index (χ2v) is 4.63. The van der Waals surface area contributed by atoms with E-state index >= 15 is 0 Å². The van der Waals surface area contributed by atoms with Crippen molar-refractivity contribution in [2.45, 2.75) is 32.1 Å². The zero-order valence-electron chi connectivity index (χ0n) is 9.24. The number of unbranched alkanes of at least 4 members (excludes halogenated alkanes) is 1. The van der Waals surface area contributed by atoms with Gasteiger partial charge < -0.3 is 10.8 Å². The van der Waals surface area contributed by atoms with E-state index in [0.29, 0.717) is 17.7 Å². The van der Waals surface area contributed by atoms with E-state index in [0.717, 1.165) is 17.3 Å². The highest BCUT2D eigenvalue weighted by Crippen LogP contribution is 2.32. The van der Waals surface area contributed by atoms with Gasteiger partial charge in [0.05, 0.1) is 5.92 Å². The molecule has 0 fully saturated rings. The summed E-state index contributed by atoms with van der Waals surface area (Å²) in [7, 11) is 0. The van der Waals surface area contributed by atoms with E-state index in [9.17, 15) is 9.90 Å². The highest BCUT2D eigenvalue weighted by molar-refractivity contribution is 9.10. The average molecular weight is 286 g/mol. The quantitative estimate of drug-likeness (QED) is 0.815. The van der Waals surface area contributed by atoms with E-state index in [1.165, 1.54) is 0 Å². The molecule has 88 valence electrons. The highest BCUT2D eigenvalue weighted by atomic mass is 79.9. The van der Waals surface area contributed by atoms with Crippen molar-refractivity contribution in [1.82, 2.24) is 0 Å². The van der Waals surface area contributed by atoms with Gasteiger partial charge in [-0.1, -0.05) is 31.9 Å². The number of halogens is 1. The highest BCUT2D eigenvalue weighted by Gasteiger charge is 2.21. The molecule has 0 aliphatic carbocycles. The molecular weight excluding hydrogens is 270 g/mol. The van der Waals surface area contributed by atoms with Gasteiger partial charge in [0.2, 0.25) is 0 Å². The van der Waals surface area contributed by atoms with E-state index in [1.54, 1.807) is 6.07 Å². The van der Waals surface area contributed by atoms with Gasteiger partial charge in [-0.25, -0.2) is 0 Å². The lowest BCUT2D eigenvalue weighted by Gasteiger charge is -2.15. The number of hydrogen-bond donors (Lipinski definition) is 2. The molecule has 0 spiro atoms. The third kappa shape index (κ3) is 2.98. The predicted molar refractivity (Wildman–Crippen MR) is 68.5 cm³/mol. The molecule has 3 N–H and O–H groups in total. The SMILES string of the molecule is CCCCC(C(=O)O)c1cccc(Br)c1N. The molecule has 0 aliphatic heterocycles. The zero-order chi connectivity index (χ0) is 12.1. The standard InChI is InChI=1S/C12H16BrNO2/c1-2-3-5-9(12(15)16)8-6-4-7-10(13)11(8)14/h4,6-7,9H,2-3,5,14H2,1H3,(H,15,16). The molecule has 16 heavy (non-hydrogen) atoms. The Balaban J connectivity index is 3.01. The fraction of sp³-hybridized carbons (Fsp3) is 0.417. The van der Waals surface area contributed by atoms with Crippen molar-refractivity contribution in [2.75, 3.05) is 5.73 Å². The molecule has 0 bridgehead atoms. The van der Waals surface area contributed by atoms with E-state index in [2.05, 4.69) is 15.9 Å². The number of hydrogen-bond acceptors (Lipinski definition) is 2. The van der Waals surface area contributed by atoms with E-state index in [4.69, 9.17) is 5.73 Å². The van der Waals surface area contributed by atoms with Gasteiger partial charge in [0, 0.05) is 10.2 Å². The molecule has 4 heteroatoms. The number of carboxylic acids is 1. The minimum absolute atomic E-state index is 0.502. The minimum atomic E-state index is -0.807. The van der Waals surface area contributed by atoms with Crippen LogP contribution < -0.4 is 5.73 Å². The lowest BCUT2D eigenvalue weighted by atomic mass is 9.92. The van der Waals surface area contributed by atoms with Crippen LogP contribution in [-0.4, -0.2) is 11.1 Å². The molecule has 0 saturated carbocycles. The monoisotopic (exact) mass is 285 g/mol. The Kier molecular flexibility index (Phi) is 4.80. The summed E-state index contributed by atoms with van der Waals surface area (Å²) in [6.45, 7) is 2.04. The van der Waals surface area contributed by atoms with Gasteiger partial charge in [0.15, 0.2) is 0 Å². The number of carboxylic acid groups (broad SMARTS) is 1. The topological polar surface area (TPSA) is 63.3 Å². The number of benzene rings is 1. The lowest BCUT2D eigenvalue weighted by molar-refractivity contribution is -0.139. The third-order valence-corrected chi connectivity index (χ3v) is 3.30. The van der Waals surface area contributed by atoms with Crippen LogP contribution in [0.25, 0.3) is 0 Å². The summed E-state index contributed by atoms with van der Waals surface area (Å²) in [6.07, 6.45) is 2.51. The van der Waals surface area contributed by atoms with Crippen molar-refractivity contribution in [1.29, 1.82) is 0 Å². The minimum Gasteiger partial charge on any atom is -0.481 e. The van der Waals surface area contributed by atoms with Gasteiger partial charge in [0.25, 0.3) is 0 Å². The van der Waals surface area contributed by atoms with Crippen molar-refractivity contribution in [3.05, 3.63) is 28.2 Å². The maximum absolute atomic E-state index is 11.2. The summed E-state index contributed by atoms with van der Waals surface area (Å²) < 4.78 is 0.757. The number of nitrogens with two attached hydrogens (primary N) is 1. The lowest BCUT2D eigenvalue weighted by Crippen LogP contribution is -2.13. The molecule has 1 unspecified atom stereocenters. The predicted octanol–water partition coefficient (Wildman–Crippen LogP) is 3.39. The van der Waals surface area contributed by atoms with Crippen LogP contribution in [0.2, 0.25) is 0 Å². The van der Waals surface area contributed by atoms with Crippen LogP contribution in [0.4, 0.5) is 5.69 Å². The average Bonchev–Trinajstić information content (AvgIpc) is 2.24. The second-order valence-electron chi connectivity index (χ2n) is 3.78. The molecule has 1 aromatic rings. The summed E-state index contributed by atoms with van der Waals surface area (Å²) >= 11 is 3.31. The van der Waals surface area contributed by atoms with Crippen LogP contribution >= 0.6 is 15.9 Å². The van der Waals surface area contributed by atoms with Crippen molar-refractivity contribution in [2.24, 2.45) is 0 Å². The summed E-state index contributed by atoms with van der Waals surface area (Å²) in [6, 6.07) is 5.42. The van der Waals surface area contributed by atoms with Gasteiger partial charge in [-0.3, -0.25) is 4.79 Å². The molecule has 0 aliphatic rings. The number of carbonyl (C=O) groups is 1. The Morgan fingerprint density at radius 2 is 2.25 bits per heavy atom. The summed E-state index contributed by atoms with van der Waals surface area (Å²) in [5, 5.41) is 9.20. The van der Waals surface area contributed by atoms with Crippen molar-refractivity contribution in [3.8, 4) is 0 Å². The molecule has 0 aromatic heterocycles. The van der Waals surface area contributed by atoms with Crippen molar-refractivity contribution in [3.63, 3.8) is 0 Å². The molecule has 0 radical (unpaired) electrons. The first-order chi connectivity index (χ1) is 7.57. The molecule has 0 amide bonds. The van der Waals surface area contributed by atoms with Crippen molar-refractivity contribution >= 4 is 27.6 Å². The largest absolute Gasteiger partial charge is 0.481 e. The van der Waals surface area contributed by atoms with Gasteiger partial charge >= 0.3 is 5.97 Å². The normalized spacial score (nSPS) is 12.4. The number of nitrogen functional groups attached to an aromatic ring is 1. The number of rotatable bonds is 5. The fourth-order valence-electron chi connectivity index (χ4n) is 1.68. The molecule has 3 nitrogen and oxygen atoms in total. The van der Waals surface area contributed by atoms with Gasteiger partial charge in [-0.05, 0) is 34.0 Å². The number of aliphatic carboxylic acids is 1. The van der Waals surface area contributed by atoms with Crippen LogP contribution in [0.15, 0.2) is 22.7 Å². The Morgan fingerprint density at radius 3 is 2.81 bits per heavy atom. The zero-order valence-corrected chi connectivity index (χ0v) is 10.8. The molecule has 1 aromatic carbocycles. The number of anilines is 1. The molecule has 1 rings (SSSR count). The Labute approximate surface area is 104 Å². The van der Waals surface area contributed by atoms with E-state index in [-0.39, 0.29) is 0 Å². The van der Waals surface area contributed by atoms with Crippen LogP contribution in [-0.2, 0) is 4.79 Å². The van der Waals surface area contributed by atoms with Crippen LogP contribution in [0.3, 0.4) is 0 Å². The van der Waals surface area contributed by atoms with E-state index in [1.807, 2.05) is 19.1 Å². The second kappa shape index (κ2) is 5.89. The van der Waals surface area contributed by atoms with Gasteiger partial charge in [-0.15, -0.1) is 0 Å². The Morgan fingerprint density at radius 1 is 1.56 bits per heavy atom. The van der Waals surface area contributed by atoms with E-state index < -0.39 is 11.9 Å². The van der Waals surface area contributed by atoms with Crippen LogP contribution in [0, 0.1) is 0 Å². The Bertz CT molecular complexity index is 379. The Hall–Kier alpha value is -1.03. The maximum atomic E-state index is 11.2. The first-order valence-electron chi connectivity index (χ1n) is 5.34. The van der Waals surface area contributed by atoms with Gasteiger partial charge in [-0.2, -0.15) is 0 Å². The molecule has 0 saturated heterocycles. The van der Waals surface area contributed by atoms with Crippen LogP contribution in [0.1, 0.15) is 37.7 Å². The first-order valence-corrected chi connectivity index (χ1v) is 6.14. The van der Waals surface area contributed by atoms with Crippen LogP contribution in [0.5, 0.6) is 0 Å². The third-order valence-electron chi connectivity index (χ3n) is 2.61. The fourth-order valence-corrected chi connectivity index (χ4v) is 2.06.